The molecule has 1 aliphatic carbocycles. The molecule has 2 unspecified atom stereocenters. The van der Waals surface area contributed by atoms with Crippen LogP contribution < -0.4 is 10.1 Å². The van der Waals surface area contributed by atoms with E-state index in [-0.39, 0.29) is 17.3 Å². The summed E-state index contributed by atoms with van der Waals surface area (Å²) in [6.07, 6.45) is 5.61. The third-order valence-corrected chi connectivity index (χ3v) is 7.57. The van der Waals surface area contributed by atoms with Gasteiger partial charge in [0.25, 0.3) is 0 Å². The van der Waals surface area contributed by atoms with Crippen LogP contribution in [-0.4, -0.2) is 45.7 Å². The average molecular weight is 479 g/mol. The lowest BCUT2D eigenvalue weighted by Crippen LogP contribution is -2.23. The lowest BCUT2D eigenvalue weighted by molar-refractivity contribution is -0.115. The summed E-state index contributed by atoms with van der Waals surface area (Å²) in [6.45, 7) is 3.36. The molecule has 1 fully saturated rings. The van der Waals surface area contributed by atoms with E-state index in [4.69, 9.17) is 9.47 Å². The zero-order chi connectivity index (χ0) is 23.5. The molecule has 3 aromatic rings. The van der Waals surface area contributed by atoms with Crippen molar-refractivity contribution in [1.82, 2.24) is 14.8 Å². The van der Waals surface area contributed by atoms with Gasteiger partial charge < -0.3 is 14.8 Å². The first-order chi connectivity index (χ1) is 16.6. The molecule has 0 spiro atoms. The lowest BCUT2D eigenvalue weighted by Gasteiger charge is -2.17. The fourth-order valence-corrected chi connectivity index (χ4v) is 5.45. The largest absolute Gasteiger partial charge is 0.497 e. The molecule has 2 aliphatic rings. The summed E-state index contributed by atoms with van der Waals surface area (Å²) in [7, 11) is 1.65. The Hall–Kier alpha value is -2.84. The maximum Gasteiger partial charge on any atom is 0.237 e. The Morgan fingerprint density at radius 3 is 2.76 bits per heavy atom. The van der Waals surface area contributed by atoms with Crippen LogP contribution >= 0.6 is 11.8 Å². The molecular formula is C26H30N4O3S. The number of aryl methyl sites for hydroxylation is 2. The monoisotopic (exact) mass is 478 g/mol. The average Bonchev–Trinajstić information content (AvgIpc) is 3.61. The molecule has 2 aromatic carbocycles. The second kappa shape index (κ2) is 10.2. The number of rotatable bonds is 8. The number of hydrogen-bond donors (Lipinski definition) is 1. The Kier molecular flexibility index (Phi) is 6.87. The SMILES string of the molecule is COc1ccc(-c2nnc(SC(C)C(=O)Nc3ccc4c(c3)CCC4)n2CC2CCCO2)cc1. The van der Waals surface area contributed by atoms with Crippen LogP contribution in [0, 0.1) is 0 Å². The zero-order valence-corrected chi connectivity index (χ0v) is 20.4. The van der Waals surface area contributed by atoms with Gasteiger partial charge >= 0.3 is 0 Å². The van der Waals surface area contributed by atoms with Gasteiger partial charge in [0.2, 0.25) is 5.91 Å². The summed E-state index contributed by atoms with van der Waals surface area (Å²) in [6, 6.07) is 14.0. The van der Waals surface area contributed by atoms with Crippen LogP contribution in [0.4, 0.5) is 5.69 Å². The number of amides is 1. The zero-order valence-electron chi connectivity index (χ0n) is 19.6. The number of nitrogens with zero attached hydrogens (tertiary/aromatic N) is 3. The fourth-order valence-electron chi connectivity index (χ4n) is 4.59. The number of thioether (sulfide) groups is 1. The van der Waals surface area contributed by atoms with Gasteiger partial charge in [0.05, 0.1) is 25.0 Å². The van der Waals surface area contributed by atoms with Crippen molar-refractivity contribution in [2.45, 2.75) is 62.1 Å². The Balaban J connectivity index is 1.34. The first kappa shape index (κ1) is 22.9. The Labute approximate surface area is 204 Å². The molecule has 5 rings (SSSR count). The molecule has 1 amide bonds. The van der Waals surface area contributed by atoms with Crippen molar-refractivity contribution in [3.8, 4) is 17.1 Å². The van der Waals surface area contributed by atoms with Gasteiger partial charge in [0.1, 0.15) is 5.75 Å². The van der Waals surface area contributed by atoms with E-state index in [1.807, 2.05) is 37.3 Å². The summed E-state index contributed by atoms with van der Waals surface area (Å²) in [5.74, 6) is 1.52. The molecular weight excluding hydrogens is 448 g/mol. The number of aromatic nitrogens is 3. The summed E-state index contributed by atoms with van der Waals surface area (Å²) in [4.78, 5) is 13.0. The molecule has 2 heterocycles. The number of carbonyl (C=O) groups is 1. The smallest absolute Gasteiger partial charge is 0.237 e. The lowest BCUT2D eigenvalue weighted by atomic mass is 10.1. The maximum absolute atomic E-state index is 13.0. The second-order valence-electron chi connectivity index (χ2n) is 8.87. The van der Waals surface area contributed by atoms with E-state index >= 15 is 0 Å². The minimum absolute atomic E-state index is 0.0411. The van der Waals surface area contributed by atoms with Crippen LogP contribution in [0.25, 0.3) is 11.4 Å². The van der Waals surface area contributed by atoms with Crippen LogP contribution in [0.15, 0.2) is 47.6 Å². The number of benzene rings is 2. The number of ether oxygens (including phenoxy) is 2. The predicted octanol–water partition coefficient (Wildman–Crippen LogP) is 4.74. The molecule has 1 aromatic heterocycles. The van der Waals surface area contributed by atoms with E-state index in [1.165, 1.54) is 29.3 Å². The molecule has 1 N–H and O–H groups in total. The van der Waals surface area contributed by atoms with E-state index < -0.39 is 0 Å². The fraction of sp³-hybridized carbons (Fsp3) is 0.423. The van der Waals surface area contributed by atoms with Crippen molar-refractivity contribution < 1.29 is 14.3 Å². The quantitative estimate of drug-likeness (QED) is 0.471. The minimum atomic E-state index is -0.329. The first-order valence-corrected chi connectivity index (χ1v) is 12.8. The summed E-state index contributed by atoms with van der Waals surface area (Å²) in [5, 5.41) is 12.4. The van der Waals surface area contributed by atoms with E-state index in [1.54, 1.807) is 7.11 Å². The Bertz CT molecular complexity index is 1160. The number of nitrogens with one attached hydrogen (secondary N) is 1. The van der Waals surface area contributed by atoms with Crippen molar-refractivity contribution in [2.24, 2.45) is 0 Å². The molecule has 7 nitrogen and oxygen atoms in total. The van der Waals surface area contributed by atoms with Gasteiger partial charge in [-0.1, -0.05) is 17.8 Å². The predicted molar refractivity (Wildman–Crippen MR) is 133 cm³/mol. The Morgan fingerprint density at radius 1 is 1.18 bits per heavy atom. The maximum atomic E-state index is 13.0. The summed E-state index contributed by atoms with van der Waals surface area (Å²) >= 11 is 1.43. The highest BCUT2D eigenvalue weighted by molar-refractivity contribution is 8.00. The number of carbonyl (C=O) groups excluding carboxylic acids is 1. The first-order valence-electron chi connectivity index (χ1n) is 11.9. The van der Waals surface area contributed by atoms with Crippen LogP contribution in [0.1, 0.15) is 37.3 Å². The van der Waals surface area contributed by atoms with E-state index in [0.717, 1.165) is 60.3 Å². The van der Waals surface area contributed by atoms with Crippen molar-refractivity contribution in [3.05, 3.63) is 53.6 Å². The number of methoxy groups -OCH3 is 1. The highest BCUT2D eigenvalue weighted by Crippen LogP contribution is 2.31. The van der Waals surface area contributed by atoms with E-state index in [0.29, 0.717) is 6.54 Å². The summed E-state index contributed by atoms with van der Waals surface area (Å²) in [5.41, 5.74) is 4.55. The van der Waals surface area contributed by atoms with Gasteiger partial charge in [-0.05, 0) is 86.6 Å². The van der Waals surface area contributed by atoms with Crippen molar-refractivity contribution in [3.63, 3.8) is 0 Å². The summed E-state index contributed by atoms with van der Waals surface area (Å²) < 4.78 is 13.3. The van der Waals surface area contributed by atoms with Crippen molar-refractivity contribution in [2.75, 3.05) is 19.0 Å². The highest BCUT2D eigenvalue weighted by Gasteiger charge is 2.25. The van der Waals surface area contributed by atoms with Gasteiger partial charge in [0, 0.05) is 17.9 Å². The number of fused-ring (bicyclic) bond motifs is 1. The second-order valence-corrected chi connectivity index (χ2v) is 10.2. The van der Waals surface area contributed by atoms with Crippen LogP contribution in [0.5, 0.6) is 5.75 Å². The Morgan fingerprint density at radius 2 is 2.00 bits per heavy atom. The molecule has 34 heavy (non-hydrogen) atoms. The van der Waals surface area contributed by atoms with Gasteiger partial charge in [-0.3, -0.25) is 9.36 Å². The third kappa shape index (κ3) is 4.98. The van der Waals surface area contributed by atoms with E-state index in [2.05, 4.69) is 32.2 Å². The molecule has 178 valence electrons. The molecule has 2 atom stereocenters. The molecule has 8 heteroatoms. The molecule has 1 saturated heterocycles. The minimum Gasteiger partial charge on any atom is -0.497 e. The van der Waals surface area contributed by atoms with Crippen molar-refractivity contribution >= 4 is 23.4 Å². The number of hydrogen-bond acceptors (Lipinski definition) is 6. The van der Waals surface area contributed by atoms with Gasteiger partial charge in [-0.25, -0.2) is 0 Å². The van der Waals surface area contributed by atoms with Gasteiger partial charge in [-0.15, -0.1) is 10.2 Å². The molecule has 1 aliphatic heterocycles. The van der Waals surface area contributed by atoms with Crippen molar-refractivity contribution in [1.29, 1.82) is 0 Å². The normalized spacial score (nSPS) is 18.0. The standard InChI is InChI=1S/C26H30N4O3S/c1-17(25(31)27-21-11-8-18-5-3-6-20(18)15-21)34-26-29-28-24(19-9-12-22(32-2)13-10-19)30(26)16-23-7-4-14-33-23/h8-13,15,17,23H,3-7,14,16H2,1-2H3,(H,27,31). The van der Waals surface area contributed by atoms with Crippen LogP contribution in [0.3, 0.4) is 0 Å². The van der Waals surface area contributed by atoms with Gasteiger partial charge in [-0.2, -0.15) is 0 Å². The van der Waals surface area contributed by atoms with Crippen LogP contribution in [0.2, 0.25) is 0 Å². The molecule has 0 bridgehead atoms. The highest BCUT2D eigenvalue weighted by atomic mass is 32.2. The third-order valence-electron chi connectivity index (χ3n) is 6.49. The van der Waals surface area contributed by atoms with Gasteiger partial charge in [0.15, 0.2) is 11.0 Å². The van der Waals surface area contributed by atoms with Crippen LogP contribution in [-0.2, 0) is 28.9 Å². The molecule has 0 saturated carbocycles. The number of anilines is 1. The topological polar surface area (TPSA) is 78.3 Å². The van der Waals surface area contributed by atoms with E-state index in [9.17, 15) is 4.79 Å². The molecule has 0 radical (unpaired) electrons.